The number of hydrogen-bond donors (Lipinski definition) is 0. The normalized spacial score (nSPS) is 29.5. The Morgan fingerprint density at radius 1 is 1.50 bits per heavy atom. The highest BCUT2D eigenvalue weighted by Crippen LogP contribution is 2.31. The van der Waals surface area contributed by atoms with Gasteiger partial charge in [-0.2, -0.15) is 0 Å². The van der Waals surface area contributed by atoms with Gasteiger partial charge in [-0.15, -0.1) is 0 Å². The second-order valence-corrected chi connectivity index (χ2v) is 3.84. The maximum Gasteiger partial charge on any atom is 0.223 e. The molecule has 1 aliphatic carbocycles. The maximum atomic E-state index is 11.3. The van der Waals surface area contributed by atoms with E-state index < -0.39 is 0 Å². The third-order valence-corrected chi connectivity index (χ3v) is 2.61. The number of likely N-dealkylation sites (tertiary alicyclic amines) is 1. The molecule has 0 aromatic heterocycles. The fourth-order valence-corrected chi connectivity index (χ4v) is 1.68. The molecule has 0 radical (unpaired) electrons. The average molecular weight is 167 g/mol. The van der Waals surface area contributed by atoms with Crippen LogP contribution in [0.25, 0.3) is 0 Å². The van der Waals surface area contributed by atoms with Crippen LogP contribution in [-0.4, -0.2) is 30.2 Å². The molecule has 2 aliphatic rings. The van der Waals surface area contributed by atoms with Gasteiger partial charge >= 0.3 is 0 Å². The van der Waals surface area contributed by atoms with Crippen molar-refractivity contribution in [3.05, 3.63) is 0 Å². The van der Waals surface area contributed by atoms with Crippen LogP contribution in [0.15, 0.2) is 0 Å². The molecule has 1 saturated heterocycles. The molecule has 2 fully saturated rings. The van der Waals surface area contributed by atoms with Crippen LogP contribution in [0.4, 0.5) is 0 Å². The van der Waals surface area contributed by atoms with Crippen molar-refractivity contribution >= 4 is 12.2 Å². The van der Waals surface area contributed by atoms with E-state index in [1.54, 1.807) is 0 Å². The van der Waals surface area contributed by atoms with E-state index in [2.05, 4.69) is 0 Å². The number of aldehydes is 1. The molecule has 0 aromatic rings. The Balaban J connectivity index is 1.88. The number of hydrogen-bond acceptors (Lipinski definition) is 2. The molecule has 66 valence electrons. The Hall–Kier alpha value is -0.860. The minimum absolute atomic E-state index is 0.0313. The molecule has 0 bridgehead atoms. The molecule has 0 N–H and O–H groups in total. The molecule has 0 aromatic carbocycles. The zero-order valence-corrected chi connectivity index (χ0v) is 7.03. The Morgan fingerprint density at radius 3 is 2.75 bits per heavy atom. The molecule has 1 unspecified atom stereocenters. The van der Waals surface area contributed by atoms with Crippen LogP contribution >= 0.6 is 0 Å². The first kappa shape index (κ1) is 7.77. The highest BCUT2D eigenvalue weighted by atomic mass is 16.2. The number of carbonyl (C=O) groups excluding carboxylic acids is 2. The second kappa shape index (κ2) is 2.88. The highest BCUT2D eigenvalue weighted by molar-refractivity contribution is 5.82. The summed E-state index contributed by atoms with van der Waals surface area (Å²) in [5.41, 5.74) is 0. The van der Waals surface area contributed by atoms with E-state index >= 15 is 0 Å². The van der Waals surface area contributed by atoms with Gasteiger partial charge in [-0.05, 0) is 18.8 Å². The van der Waals surface area contributed by atoms with Gasteiger partial charge in [-0.1, -0.05) is 0 Å². The van der Waals surface area contributed by atoms with Gasteiger partial charge in [0.1, 0.15) is 6.29 Å². The fraction of sp³-hybridized carbons (Fsp3) is 0.778. The smallest absolute Gasteiger partial charge is 0.223 e. The number of rotatable bonds is 3. The second-order valence-electron chi connectivity index (χ2n) is 3.84. The molecule has 1 saturated carbocycles. The van der Waals surface area contributed by atoms with Crippen molar-refractivity contribution in [2.45, 2.75) is 19.3 Å². The molecular formula is C9H13NO2. The Morgan fingerprint density at radius 2 is 2.25 bits per heavy atom. The van der Waals surface area contributed by atoms with Gasteiger partial charge in [-0.3, -0.25) is 4.79 Å². The average Bonchev–Trinajstić information content (AvgIpc) is 2.78. The van der Waals surface area contributed by atoms with Crippen molar-refractivity contribution in [1.82, 2.24) is 4.90 Å². The lowest BCUT2D eigenvalue weighted by atomic mass is 10.1. The summed E-state index contributed by atoms with van der Waals surface area (Å²) in [5, 5.41) is 0. The van der Waals surface area contributed by atoms with Crippen molar-refractivity contribution in [1.29, 1.82) is 0 Å². The molecular weight excluding hydrogens is 154 g/mol. The Labute approximate surface area is 71.7 Å². The number of carbonyl (C=O) groups is 2. The topological polar surface area (TPSA) is 37.4 Å². The molecule has 1 aliphatic heterocycles. The van der Waals surface area contributed by atoms with Crippen LogP contribution in [-0.2, 0) is 9.59 Å². The van der Waals surface area contributed by atoms with Gasteiger partial charge < -0.3 is 9.69 Å². The molecule has 12 heavy (non-hydrogen) atoms. The summed E-state index contributed by atoms with van der Waals surface area (Å²) < 4.78 is 0. The first-order valence-corrected chi connectivity index (χ1v) is 4.52. The van der Waals surface area contributed by atoms with E-state index in [1.807, 2.05) is 4.90 Å². The van der Waals surface area contributed by atoms with Crippen LogP contribution in [0.1, 0.15) is 19.3 Å². The van der Waals surface area contributed by atoms with Crippen molar-refractivity contribution in [3.63, 3.8) is 0 Å². The van der Waals surface area contributed by atoms with Crippen LogP contribution in [0, 0.1) is 11.8 Å². The van der Waals surface area contributed by atoms with E-state index in [0.29, 0.717) is 13.0 Å². The van der Waals surface area contributed by atoms with E-state index in [-0.39, 0.29) is 11.8 Å². The Kier molecular flexibility index (Phi) is 1.87. The minimum Gasteiger partial charge on any atom is -0.342 e. The Bertz CT molecular complexity index is 211. The summed E-state index contributed by atoms with van der Waals surface area (Å²) in [5.74, 6) is 0.870. The van der Waals surface area contributed by atoms with E-state index in [4.69, 9.17) is 0 Å². The summed E-state index contributed by atoms with van der Waals surface area (Å²) in [6.07, 6.45) is 3.87. The van der Waals surface area contributed by atoms with E-state index in [1.165, 1.54) is 12.8 Å². The van der Waals surface area contributed by atoms with Gasteiger partial charge in [0.05, 0.1) is 0 Å². The SMILES string of the molecule is O=CC1CC(=O)N(CC2CC2)C1. The number of nitrogens with zero attached hydrogens (tertiary/aromatic N) is 1. The lowest BCUT2D eigenvalue weighted by Gasteiger charge is -2.14. The van der Waals surface area contributed by atoms with Gasteiger partial charge in [0.25, 0.3) is 0 Å². The summed E-state index contributed by atoms with van der Waals surface area (Å²) in [4.78, 5) is 23.5. The molecule has 1 amide bonds. The maximum absolute atomic E-state index is 11.3. The van der Waals surface area contributed by atoms with Gasteiger partial charge in [0, 0.05) is 25.4 Å². The molecule has 1 heterocycles. The molecule has 2 rings (SSSR count). The first-order chi connectivity index (χ1) is 5.79. The van der Waals surface area contributed by atoms with Crippen molar-refractivity contribution in [2.75, 3.05) is 13.1 Å². The van der Waals surface area contributed by atoms with Crippen LogP contribution in [0.2, 0.25) is 0 Å². The number of amides is 1. The monoisotopic (exact) mass is 167 g/mol. The van der Waals surface area contributed by atoms with Gasteiger partial charge in [0.15, 0.2) is 0 Å². The standard InChI is InChI=1S/C9H13NO2/c11-6-8-3-9(12)10(5-8)4-7-1-2-7/h6-8H,1-5H2. The minimum atomic E-state index is -0.0313. The van der Waals surface area contributed by atoms with E-state index in [0.717, 1.165) is 18.7 Å². The molecule has 3 heteroatoms. The summed E-state index contributed by atoms with van der Waals surface area (Å²) in [6, 6.07) is 0. The largest absolute Gasteiger partial charge is 0.342 e. The van der Waals surface area contributed by atoms with Gasteiger partial charge in [0.2, 0.25) is 5.91 Å². The third-order valence-electron chi connectivity index (χ3n) is 2.61. The predicted molar refractivity (Wildman–Crippen MR) is 43.5 cm³/mol. The van der Waals surface area contributed by atoms with Crippen LogP contribution in [0.3, 0.4) is 0 Å². The zero-order chi connectivity index (χ0) is 8.55. The van der Waals surface area contributed by atoms with Crippen molar-refractivity contribution in [3.8, 4) is 0 Å². The van der Waals surface area contributed by atoms with Crippen molar-refractivity contribution in [2.24, 2.45) is 11.8 Å². The zero-order valence-electron chi connectivity index (χ0n) is 7.03. The lowest BCUT2D eigenvalue weighted by Crippen LogP contribution is -2.27. The highest BCUT2D eigenvalue weighted by Gasteiger charge is 2.33. The quantitative estimate of drug-likeness (QED) is 0.572. The molecule has 3 nitrogen and oxygen atoms in total. The molecule has 0 spiro atoms. The third kappa shape index (κ3) is 1.49. The first-order valence-electron chi connectivity index (χ1n) is 4.52. The van der Waals surface area contributed by atoms with Gasteiger partial charge in [-0.25, -0.2) is 0 Å². The van der Waals surface area contributed by atoms with Crippen molar-refractivity contribution < 1.29 is 9.59 Å². The predicted octanol–water partition coefficient (Wildman–Crippen LogP) is 0.444. The summed E-state index contributed by atoms with van der Waals surface area (Å²) in [6.45, 7) is 1.56. The van der Waals surface area contributed by atoms with Crippen LogP contribution < -0.4 is 0 Å². The molecule has 1 atom stereocenters. The van der Waals surface area contributed by atoms with Crippen LogP contribution in [0.5, 0.6) is 0 Å². The summed E-state index contributed by atoms with van der Waals surface area (Å²) in [7, 11) is 0. The fourth-order valence-electron chi connectivity index (χ4n) is 1.68. The summed E-state index contributed by atoms with van der Waals surface area (Å²) >= 11 is 0. The lowest BCUT2D eigenvalue weighted by molar-refractivity contribution is -0.128. The van der Waals surface area contributed by atoms with E-state index in [9.17, 15) is 9.59 Å².